The van der Waals surface area contributed by atoms with Gasteiger partial charge in [-0.2, -0.15) is 0 Å². The lowest BCUT2D eigenvalue weighted by Crippen LogP contribution is -2.35. The molecule has 144 valence electrons. The molecule has 0 unspecified atom stereocenters. The second-order valence-corrected chi connectivity index (χ2v) is 6.70. The van der Waals surface area contributed by atoms with Gasteiger partial charge in [0, 0.05) is 6.54 Å². The first-order chi connectivity index (χ1) is 13.6. The van der Waals surface area contributed by atoms with E-state index < -0.39 is 17.8 Å². The fraction of sp³-hybridized carbons (Fsp3) is 0.227. The molecular weight excluding hydrogens is 356 g/mol. The number of para-hydroxylation sites is 1. The summed E-state index contributed by atoms with van der Waals surface area (Å²) in [5.74, 6) is -3.11. The van der Waals surface area contributed by atoms with Crippen LogP contribution >= 0.6 is 0 Å². The Morgan fingerprint density at radius 3 is 2.25 bits per heavy atom. The standard InChI is InChI=1S/C22H22N2O4/c25-20(23-14-15-8-2-1-3-9-15)18-12-6-7-13-19(18)24-21(26)16-10-4-5-11-17(16)22(27)28/h1-9,12-13,16-17H,10-11,14H2,(H,23,25)(H,24,26)(H,27,28)/t16-,17-/m0/s1. The first kappa shape index (κ1) is 19.4. The summed E-state index contributed by atoms with van der Waals surface area (Å²) >= 11 is 0. The molecule has 0 aromatic heterocycles. The molecule has 2 amide bonds. The van der Waals surface area contributed by atoms with Gasteiger partial charge in [0.2, 0.25) is 5.91 Å². The molecule has 0 aliphatic heterocycles. The maximum atomic E-state index is 12.7. The molecule has 0 saturated heterocycles. The third kappa shape index (κ3) is 4.65. The molecule has 0 saturated carbocycles. The number of nitrogens with one attached hydrogen (secondary N) is 2. The molecule has 0 heterocycles. The lowest BCUT2D eigenvalue weighted by molar-refractivity contribution is -0.146. The SMILES string of the molecule is O=C(NCc1ccccc1)c1ccccc1NC(=O)[C@H]1CC=CC[C@@H]1C(=O)O. The van der Waals surface area contributed by atoms with Crippen LogP contribution in [0.3, 0.4) is 0 Å². The zero-order valence-corrected chi connectivity index (χ0v) is 15.3. The van der Waals surface area contributed by atoms with Crippen molar-refractivity contribution in [3.8, 4) is 0 Å². The molecule has 2 aromatic carbocycles. The maximum absolute atomic E-state index is 12.7. The Hall–Kier alpha value is -3.41. The van der Waals surface area contributed by atoms with Crippen LogP contribution in [0.4, 0.5) is 5.69 Å². The van der Waals surface area contributed by atoms with E-state index in [0.717, 1.165) is 5.56 Å². The smallest absolute Gasteiger partial charge is 0.307 e. The molecule has 1 aliphatic rings. The van der Waals surface area contributed by atoms with Crippen LogP contribution in [-0.4, -0.2) is 22.9 Å². The Bertz CT molecular complexity index is 892. The van der Waals surface area contributed by atoms with Crippen LogP contribution in [0.25, 0.3) is 0 Å². The molecular formula is C22H22N2O4. The Balaban J connectivity index is 1.71. The van der Waals surface area contributed by atoms with Crippen molar-refractivity contribution in [3.05, 3.63) is 77.9 Å². The zero-order valence-electron chi connectivity index (χ0n) is 15.3. The number of aliphatic carboxylic acids is 1. The van der Waals surface area contributed by atoms with Crippen LogP contribution in [0, 0.1) is 11.8 Å². The van der Waals surface area contributed by atoms with Crippen molar-refractivity contribution in [1.29, 1.82) is 0 Å². The van der Waals surface area contributed by atoms with Crippen LogP contribution in [0.5, 0.6) is 0 Å². The summed E-state index contributed by atoms with van der Waals surface area (Å²) in [4.78, 5) is 36.7. The van der Waals surface area contributed by atoms with E-state index in [1.165, 1.54) is 0 Å². The Morgan fingerprint density at radius 2 is 1.54 bits per heavy atom. The molecule has 28 heavy (non-hydrogen) atoms. The van der Waals surface area contributed by atoms with Crippen LogP contribution < -0.4 is 10.6 Å². The summed E-state index contributed by atoms with van der Waals surface area (Å²) in [6, 6.07) is 16.2. The number of carboxylic acids is 1. The maximum Gasteiger partial charge on any atom is 0.307 e. The molecule has 0 spiro atoms. The number of benzene rings is 2. The van der Waals surface area contributed by atoms with Gasteiger partial charge in [-0.1, -0.05) is 54.6 Å². The largest absolute Gasteiger partial charge is 0.481 e. The highest BCUT2D eigenvalue weighted by Gasteiger charge is 2.34. The van der Waals surface area contributed by atoms with Crippen molar-refractivity contribution in [3.63, 3.8) is 0 Å². The van der Waals surface area contributed by atoms with Gasteiger partial charge in [0.05, 0.1) is 23.1 Å². The van der Waals surface area contributed by atoms with Crippen LogP contribution in [0.2, 0.25) is 0 Å². The summed E-state index contributed by atoms with van der Waals surface area (Å²) in [5, 5.41) is 15.0. The molecule has 6 nitrogen and oxygen atoms in total. The first-order valence-corrected chi connectivity index (χ1v) is 9.16. The predicted molar refractivity (Wildman–Crippen MR) is 106 cm³/mol. The van der Waals surface area contributed by atoms with E-state index in [1.54, 1.807) is 30.3 Å². The van der Waals surface area contributed by atoms with Gasteiger partial charge in [0.1, 0.15) is 0 Å². The molecule has 0 fully saturated rings. The molecule has 6 heteroatoms. The van der Waals surface area contributed by atoms with Crippen LogP contribution in [-0.2, 0) is 16.1 Å². The number of amides is 2. The van der Waals surface area contributed by atoms with Crippen LogP contribution in [0.1, 0.15) is 28.8 Å². The average Bonchev–Trinajstić information content (AvgIpc) is 2.73. The Morgan fingerprint density at radius 1 is 0.893 bits per heavy atom. The number of anilines is 1. The van der Waals surface area contributed by atoms with Crippen LogP contribution in [0.15, 0.2) is 66.7 Å². The molecule has 2 atom stereocenters. The van der Waals surface area contributed by atoms with Gasteiger partial charge in [0.25, 0.3) is 5.91 Å². The minimum atomic E-state index is -0.988. The van der Waals surface area contributed by atoms with Gasteiger partial charge >= 0.3 is 5.97 Å². The van der Waals surface area contributed by atoms with Gasteiger partial charge in [-0.3, -0.25) is 14.4 Å². The summed E-state index contributed by atoms with van der Waals surface area (Å²) < 4.78 is 0. The Kier molecular flexibility index (Phi) is 6.22. The number of carboxylic acid groups (broad SMARTS) is 1. The lowest BCUT2D eigenvalue weighted by Gasteiger charge is -2.24. The third-order valence-corrected chi connectivity index (χ3v) is 4.81. The van der Waals surface area contributed by atoms with Gasteiger partial charge in [-0.25, -0.2) is 0 Å². The fourth-order valence-corrected chi connectivity index (χ4v) is 3.27. The quantitative estimate of drug-likeness (QED) is 0.673. The molecule has 3 N–H and O–H groups in total. The number of carbonyl (C=O) groups is 3. The van der Waals surface area contributed by atoms with Crippen molar-refractivity contribution < 1.29 is 19.5 Å². The van der Waals surface area contributed by atoms with Crippen molar-refractivity contribution in [2.75, 3.05) is 5.32 Å². The number of rotatable bonds is 6. The zero-order chi connectivity index (χ0) is 19.9. The second-order valence-electron chi connectivity index (χ2n) is 6.70. The third-order valence-electron chi connectivity index (χ3n) is 4.81. The Labute approximate surface area is 163 Å². The van der Waals surface area contributed by atoms with Gasteiger partial charge in [-0.15, -0.1) is 0 Å². The molecule has 3 rings (SSSR count). The molecule has 1 aliphatic carbocycles. The summed E-state index contributed by atoms with van der Waals surface area (Å²) in [5.41, 5.74) is 1.68. The van der Waals surface area contributed by atoms with Crippen molar-refractivity contribution >= 4 is 23.5 Å². The van der Waals surface area contributed by atoms with Crippen molar-refractivity contribution in [2.45, 2.75) is 19.4 Å². The molecule has 0 radical (unpaired) electrons. The number of hydrogen-bond acceptors (Lipinski definition) is 3. The van der Waals surface area contributed by atoms with Gasteiger partial charge < -0.3 is 15.7 Å². The normalized spacial score (nSPS) is 18.3. The summed E-state index contributed by atoms with van der Waals surface area (Å²) in [7, 11) is 0. The van der Waals surface area contributed by atoms with E-state index in [2.05, 4.69) is 10.6 Å². The second kappa shape index (κ2) is 8.99. The number of hydrogen-bond donors (Lipinski definition) is 3. The monoisotopic (exact) mass is 378 g/mol. The topological polar surface area (TPSA) is 95.5 Å². The first-order valence-electron chi connectivity index (χ1n) is 9.16. The highest BCUT2D eigenvalue weighted by Crippen LogP contribution is 2.28. The minimum absolute atomic E-state index is 0.307. The van der Waals surface area contributed by atoms with E-state index in [4.69, 9.17) is 0 Å². The number of carbonyl (C=O) groups excluding carboxylic acids is 2. The van der Waals surface area contributed by atoms with Crippen molar-refractivity contribution in [1.82, 2.24) is 5.32 Å². The number of allylic oxidation sites excluding steroid dienone is 2. The van der Waals surface area contributed by atoms with E-state index >= 15 is 0 Å². The summed E-state index contributed by atoms with van der Waals surface area (Å²) in [6.07, 6.45) is 4.30. The van der Waals surface area contributed by atoms with E-state index in [9.17, 15) is 19.5 Å². The van der Waals surface area contributed by atoms with Gasteiger partial charge in [0.15, 0.2) is 0 Å². The predicted octanol–water partition coefficient (Wildman–Crippen LogP) is 3.22. The summed E-state index contributed by atoms with van der Waals surface area (Å²) in [6.45, 7) is 0.371. The van der Waals surface area contributed by atoms with Crippen molar-refractivity contribution in [2.24, 2.45) is 11.8 Å². The molecule has 2 aromatic rings. The van der Waals surface area contributed by atoms with E-state index in [1.807, 2.05) is 36.4 Å². The highest BCUT2D eigenvalue weighted by atomic mass is 16.4. The van der Waals surface area contributed by atoms with Gasteiger partial charge in [-0.05, 0) is 30.5 Å². The average molecular weight is 378 g/mol. The minimum Gasteiger partial charge on any atom is -0.481 e. The fourth-order valence-electron chi connectivity index (χ4n) is 3.27. The molecule has 0 bridgehead atoms. The highest BCUT2D eigenvalue weighted by molar-refractivity contribution is 6.04. The lowest BCUT2D eigenvalue weighted by atomic mass is 9.82. The van der Waals surface area contributed by atoms with E-state index in [-0.39, 0.29) is 11.8 Å². The van der Waals surface area contributed by atoms with E-state index in [0.29, 0.717) is 30.6 Å².